The molecule has 1 fully saturated rings. The molecule has 1 heterocycles. The zero-order valence-corrected chi connectivity index (χ0v) is 9.80. The molecule has 1 saturated heterocycles. The van der Waals surface area contributed by atoms with E-state index in [2.05, 4.69) is 0 Å². The van der Waals surface area contributed by atoms with Crippen molar-refractivity contribution in [1.29, 1.82) is 0 Å². The Kier molecular flexibility index (Phi) is 2.91. The van der Waals surface area contributed by atoms with E-state index in [1.54, 1.807) is 0 Å². The van der Waals surface area contributed by atoms with E-state index in [1.165, 1.54) is 10.4 Å². The summed E-state index contributed by atoms with van der Waals surface area (Å²) in [4.78, 5) is -0.207. The lowest BCUT2D eigenvalue weighted by Gasteiger charge is -2.35. The molecule has 0 radical (unpaired) electrons. The first-order valence-electron chi connectivity index (χ1n) is 4.62. The van der Waals surface area contributed by atoms with Crippen LogP contribution >= 0.6 is 11.6 Å². The molecule has 1 aliphatic rings. The van der Waals surface area contributed by atoms with Gasteiger partial charge in [-0.3, -0.25) is 0 Å². The van der Waals surface area contributed by atoms with Crippen LogP contribution < -0.4 is 5.73 Å². The lowest BCUT2D eigenvalue weighted by atomic mass is 10.2. The van der Waals surface area contributed by atoms with Gasteiger partial charge < -0.3 is 5.73 Å². The molecule has 4 nitrogen and oxygen atoms in total. The fourth-order valence-electron chi connectivity index (χ4n) is 1.48. The predicted octanol–water partition coefficient (Wildman–Crippen LogP) is 0.811. The van der Waals surface area contributed by atoms with Crippen molar-refractivity contribution >= 4 is 21.6 Å². The molecule has 0 amide bonds. The van der Waals surface area contributed by atoms with Crippen molar-refractivity contribution in [2.75, 3.05) is 13.1 Å². The molecule has 0 saturated carbocycles. The van der Waals surface area contributed by atoms with Crippen LogP contribution in [-0.4, -0.2) is 31.9 Å². The topological polar surface area (TPSA) is 63.4 Å². The van der Waals surface area contributed by atoms with Gasteiger partial charge in [0, 0.05) is 19.1 Å². The fraction of sp³-hybridized carbons (Fsp3) is 0.333. The minimum Gasteiger partial charge on any atom is -0.325 e. The first kappa shape index (κ1) is 11.8. The van der Waals surface area contributed by atoms with Gasteiger partial charge in [0.1, 0.15) is 10.7 Å². The van der Waals surface area contributed by atoms with Crippen LogP contribution in [0.15, 0.2) is 23.1 Å². The van der Waals surface area contributed by atoms with Crippen molar-refractivity contribution in [2.24, 2.45) is 5.73 Å². The van der Waals surface area contributed by atoms with E-state index in [1.807, 2.05) is 0 Å². The maximum Gasteiger partial charge on any atom is 0.244 e. The van der Waals surface area contributed by atoms with E-state index in [4.69, 9.17) is 17.3 Å². The third-order valence-corrected chi connectivity index (χ3v) is 4.70. The number of benzene rings is 1. The Morgan fingerprint density at radius 1 is 1.44 bits per heavy atom. The summed E-state index contributed by atoms with van der Waals surface area (Å²) >= 11 is 5.74. The van der Waals surface area contributed by atoms with E-state index < -0.39 is 15.8 Å². The van der Waals surface area contributed by atoms with Crippen LogP contribution in [0.5, 0.6) is 0 Å². The van der Waals surface area contributed by atoms with E-state index in [-0.39, 0.29) is 29.0 Å². The molecule has 1 aliphatic heterocycles. The van der Waals surface area contributed by atoms with Crippen molar-refractivity contribution in [3.8, 4) is 0 Å². The number of hydrogen-bond donors (Lipinski definition) is 1. The molecule has 2 rings (SSSR count). The van der Waals surface area contributed by atoms with Crippen LogP contribution in [0, 0.1) is 5.82 Å². The molecular formula is C9H10ClFN2O2S. The maximum absolute atomic E-state index is 13.0. The van der Waals surface area contributed by atoms with Gasteiger partial charge in [-0.1, -0.05) is 11.6 Å². The van der Waals surface area contributed by atoms with Gasteiger partial charge in [-0.2, -0.15) is 4.31 Å². The number of nitrogens with zero attached hydrogens (tertiary/aromatic N) is 1. The summed E-state index contributed by atoms with van der Waals surface area (Å²) < 4.78 is 38.1. The quantitative estimate of drug-likeness (QED) is 0.860. The van der Waals surface area contributed by atoms with E-state index in [9.17, 15) is 12.8 Å². The van der Waals surface area contributed by atoms with Gasteiger partial charge in [0.15, 0.2) is 0 Å². The molecular weight excluding hydrogens is 255 g/mol. The Labute approximate surface area is 97.8 Å². The highest BCUT2D eigenvalue weighted by Crippen LogP contribution is 2.27. The van der Waals surface area contributed by atoms with Gasteiger partial charge in [0.25, 0.3) is 0 Å². The van der Waals surface area contributed by atoms with Crippen molar-refractivity contribution < 1.29 is 12.8 Å². The van der Waals surface area contributed by atoms with E-state index >= 15 is 0 Å². The number of rotatable bonds is 2. The van der Waals surface area contributed by atoms with Crippen LogP contribution in [-0.2, 0) is 10.0 Å². The first-order chi connectivity index (χ1) is 7.41. The molecule has 7 heteroatoms. The fourth-order valence-corrected chi connectivity index (χ4v) is 3.52. The summed E-state index contributed by atoms with van der Waals surface area (Å²) in [6, 6.07) is 3.11. The first-order valence-corrected chi connectivity index (χ1v) is 6.44. The Hall–Kier alpha value is -0.690. The third kappa shape index (κ3) is 1.93. The van der Waals surface area contributed by atoms with Gasteiger partial charge in [0.2, 0.25) is 10.0 Å². The molecule has 0 aromatic heterocycles. The van der Waals surface area contributed by atoms with Crippen molar-refractivity contribution in [3.05, 3.63) is 29.0 Å². The predicted molar refractivity (Wildman–Crippen MR) is 58.1 cm³/mol. The van der Waals surface area contributed by atoms with Crippen LogP contribution in [0.3, 0.4) is 0 Å². The molecule has 16 heavy (non-hydrogen) atoms. The molecule has 0 spiro atoms. The highest BCUT2D eigenvalue weighted by molar-refractivity contribution is 7.89. The van der Waals surface area contributed by atoms with Crippen molar-refractivity contribution in [3.63, 3.8) is 0 Å². The molecule has 2 N–H and O–H groups in total. The van der Waals surface area contributed by atoms with Gasteiger partial charge in [-0.15, -0.1) is 0 Å². The van der Waals surface area contributed by atoms with Crippen molar-refractivity contribution in [2.45, 2.75) is 10.9 Å². The second-order valence-corrected chi connectivity index (χ2v) is 5.97. The Morgan fingerprint density at radius 2 is 2.06 bits per heavy atom. The largest absolute Gasteiger partial charge is 0.325 e. The summed E-state index contributed by atoms with van der Waals surface area (Å²) in [5.74, 6) is -0.632. The highest BCUT2D eigenvalue weighted by atomic mass is 35.5. The van der Waals surface area contributed by atoms with Gasteiger partial charge in [0.05, 0.1) is 5.02 Å². The molecule has 0 bridgehead atoms. The minimum absolute atomic E-state index is 0.0156. The van der Waals surface area contributed by atoms with Crippen LogP contribution in [0.1, 0.15) is 0 Å². The summed E-state index contributed by atoms with van der Waals surface area (Å²) in [5.41, 5.74) is 5.50. The van der Waals surface area contributed by atoms with Gasteiger partial charge >= 0.3 is 0 Å². The molecule has 0 unspecified atom stereocenters. The Balaban J connectivity index is 2.40. The standard InChI is InChI=1S/C9H10ClFN2O2S/c10-8-2-1-6(11)3-9(8)16(14,15)13-4-7(12)5-13/h1-3,7H,4-5,12H2. The second-order valence-electron chi connectivity index (χ2n) is 3.66. The van der Waals surface area contributed by atoms with Gasteiger partial charge in [-0.05, 0) is 18.2 Å². The second kappa shape index (κ2) is 3.96. The zero-order chi connectivity index (χ0) is 11.9. The molecule has 0 aliphatic carbocycles. The summed E-state index contributed by atoms with van der Waals surface area (Å²) in [7, 11) is -3.71. The molecule has 88 valence electrons. The SMILES string of the molecule is NC1CN(S(=O)(=O)c2cc(F)ccc2Cl)C1. The third-order valence-electron chi connectivity index (χ3n) is 2.39. The number of nitrogens with two attached hydrogens (primary N) is 1. The van der Waals surface area contributed by atoms with Crippen LogP contribution in [0.25, 0.3) is 0 Å². The average Bonchev–Trinajstić information content (AvgIpc) is 2.16. The van der Waals surface area contributed by atoms with Crippen molar-refractivity contribution in [1.82, 2.24) is 4.31 Å². The molecule has 1 aromatic carbocycles. The van der Waals surface area contributed by atoms with Crippen LogP contribution in [0.2, 0.25) is 5.02 Å². The number of sulfonamides is 1. The molecule has 0 atom stereocenters. The minimum atomic E-state index is -3.71. The smallest absolute Gasteiger partial charge is 0.244 e. The lowest BCUT2D eigenvalue weighted by Crippen LogP contribution is -2.57. The summed E-state index contributed by atoms with van der Waals surface area (Å²) in [6.45, 7) is 0.490. The zero-order valence-electron chi connectivity index (χ0n) is 8.23. The highest BCUT2D eigenvalue weighted by Gasteiger charge is 2.35. The number of hydrogen-bond acceptors (Lipinski definition) is 3. The lowest BCUT2D eigenvalue weighted by molar-refractivity contribution is 0.265. The Morgan fingerprint density at radius 3 is 2.62 bits per heavy atom. The van der Waals surface area contributed by atoms with Crippen LogP contribution in [0.4, 0.5) is 4.39 Å². The normalized spacial score (nSPS) is 18.4. The summed E-state index contributed by atoms with van der Waals surface area (Å²) in [5, 5.41) is 0.0156. The number of halogens is 2. The van der Waals surface area contributed by atoms with E-state index in [0.29, 0.717) is 0 Å². The summed E-state index contributed by atoms with van der Waals surface area (Å²) in [6.07, 6.45) is 0. The average molecular weight is 265 g/mol. The Bertz CT molecular complexity index is 514. The maximum atomic E-state index is 13.0. The van der Waals surface area contributed by atoms with Gasteiger partial charge in [-0.25, -0.2) is 12.8 Å². The monoisotopic (exact) mass is 264 g/mol. The van der Waals surface area contributed by atoms with E-state index in [0.717, 1.165) is 12.1 Å². The molecule has 1 aromatic rings.